The highest BCUT2D eigenvalue weighted by Gasteiger charge is 2.21. The van der Waals surface area contributed by atoms with Crippen LogP contribution in [0.5, 0.6) is 5.75 Å². The van der Waals surface area contributed by atoms with Gasteiger partial charge < -0.3 is 9.84 Å². The van der Waals surface area contributed by atoms with Crippen LogP contribution in [0.15, 0.2) is 6.07 Å². The number of hydrogen-bond acceptors (Lipinski definition) is 2. The van der Waals surface area contributed by atoms with E-state index in [-0.39, 0.29) is 22.9 Å². The lowest BCUT2D eigenvalue weighted by atomic mass is 10.0. The van der Waals surface area contributed by atoms with Crippen LogP contribution in [0.2, 0.25) is 5.02 Å². The van der Waals surface area contributed by atoms with Crippen LogP contribution in [0.3, 0.4) is 0 Å². The molecular formula is C10H11ClF2O2. The van der Waals surface area contributed by atoms with E-state index in [4.69, 9.17) is 21.4 Å². The minimum atomic E-state index is -0.880. The molecule has 0 aliphatic heterocycles. The van der Waals surface area contributed by atoms with Gasteiger partial charge in [-0.1, -0.05) is 18.5 Å². The maximum atomic E-state index is 13.6. The van der Waals surface area contributed by atoms with Crippen LogP contribution in [-0.4, -0.2) is 18.8 Å². The number of aliphatic hydroxyl groups excluding tert-OH is 1. The zero-order valence-electron chi connectivity index (χ0n) is 8.35. The molecule has 0 aliphatic rings. The Morgan fingerprint density at radius 1 is 1.53 bits per heavy atom. The Morgan fingerprint density at radius 2 is 2.13 bits per heavy atom. The van der Waals surface area contributed by atoms with Crippen molar-refractivity contribution in [3.8, 4) is 5.75 Å². The standard InChI is InChI=1S/C10H11ClF2O2/c1-5(4-14)8-6(12)3-7(15-2)9(11)10(8)13/h3,5,14H,4H2,1-2H3. The van der Waals surface area contributed by atoms with Gasteiger partial charge in [0.15, 0.2) is 5.82 Å². The molecule has 84 valence electrons. The molecule has 1 aromatic rings. The van der Waals surface area contributed by atoms with Gasteiger partial charge in [0.05, 0.1) is 7.11 Å². The van der Waals surface area contributed by atoms with Crippen LogP contribution in [0.1, 0.15) is 18.4 Å². The fraction of sp³-hybridized carbons (Fsp3) is 0.400. The van der Waals surface area contributed by atoms with E-state index in [1.807, 2.05) is 0 Å². The molecule has 0 fully saturated rings. The summed E-state index contributed by atoms with van der Waals surface area (Å²) in [5.74, 6) is -2.35. The molecule has 0 heterocycles. The van der Waals surface area contributed by atoms with E-state index in [0.29, 0.717) is 0 Å². The first-order valence-corrected chi connectivity index (χ1v) is 4.73. The molecule has 2 nitrogen and oxygen atoms in total. The second kappa shape index (κ2) is 4.77. The van der Waals surface area contributed by atoms with Gasteiger partial charge in [-0.25, -0.2) is 8.78 Å². The van der Waals surface area contributed by atoms with Crippen LogP contribution in [0.25, 0.3) is 0 Å². The molecule has 1 unspecified atom stereocenters. The number of ether oxygens (including phenoxy) is 1. The Hall–Kier alpha value is -0.870. The fourth-order valence-electron chi connectivity index (χ4n) is 1.28. The topological polar surface area (TPSA) is 29.5 Å². The predicted octanol–water partition coefficient (Wildman–Crippen LogP) is 2.72. The zero-order chi connectivity index (χ0) is 11.6. The molecule has 0 saturated carbocycles. The van der Waals surface area contributed by atoms with Crippen molar-refractivity contribution in [3.63, 3.8) is 0 Å². The Morgan fingerprint density at radius 3 is 2.60 bits per heavy atom. The second-order valence-electron chi connectivity index (χ2n) is 3.19. The van der Waals surface area contributed by atoms with Gasteiger partial charge in [0.1, 0.15) is 16.6 Å². The van der Waals surface area contributed by atoms with Crippen LogP contribution in [-0.2, 0) is 0 Å². The molecule has 0 saturated heterocycles. The van der Waals surface area contributed by atoms with Gasteiger partial charge in [0, 0.05) is 24.2 Å². The summed E-state index contributed by atoms with van der Waals surface area (Å²) in [6.45, 7) is 1.15. The number of hydrogen-bond donors (Lipinski definition) is 1. The quantitative estimate of drug-likeness (QED) is 0.818. The fourth-order valence-corrected chi connectivity index (χ4v) is 1.51. The van der Waals surface area contributed by atoms with Gasteiger partial charge >= 0.3 is 0 Å². The van der Waals surface area contributed by atoms with Crippen LogP contribution in [0, 0.1) is 11.6 Å². The van der Waals surface area contributed by atoms with Crippen LogP contribution >= 0.6 is 11.6 Å². The van der Waals surface area contributed by atoms with E-state index in [9.17, 15) is 8.78 Å². The van der Waals surface area contributed by atoms with Crippen molar-refractivity contribution in [1.82, 2.24) is 0 Å². The molecule has 1 N–H and O–H groups in total. The van der Waals surface area contributed by atoms with Crippen molar-refractivity contribution in [2.24, 2.45) is 0 Å². The number of halogens is 3. The lowest BCUT2D eigenvalue weighted by molar-refractivity contribution is 0.267. The van der Waals surface area contributed by atoms with E-state index in [1.165, 1.54) is 14.0 Å². The monoisotopic (exact) mass is 236 g/mol. The Balaban J connectivity index is 3.35. The number of aliphatic hydroxyl groups is 1. The summed E-state index contributed by atoms with van der Waals surface area (Å²) >= 11 is 5.62. The highest BCUT2D eigenvalue weighted by molar-refractivity contribution is 6.32. The van der Waals surface area contributed by atoms with Crippen LogP contribution < -0.4 is 4.74 Å². The van der Waals surface area contributed by atoms with Gasteiger partial charge in [-0.2, -0.15) is 0 Å². The van der Waals surface area contributed by atoms with E-state index in [0.717, 1.165) is 6.07 Å². The summed E-state index contributed by atoms with van der Waals surface area (Å²) in [7, 11) is 1.27. The third-order valence-electron chi connectivity index (χ3n) is 2.15. The van der Waals surface area contributed by atoms with Gasteiger partial charge in [0.25, 0.3) is 0 Å². The summed E-state index contributed by atoms with van der Waals surface area (Å²) in [6, 6.07) is 1.01. The number of benzene rings is 1. The van der Waals surface area contributed by atoms with Crippen LogP contribution in [0.4, 0.5) is 8.78 Å². The molecule has 0 spiro atoms. The van der Waals surface area contributed by atoms with E-state index < -0.39 is 17.6 Å². The maximum absolute atomic E-state index is 13.6. The smallest absolute Gasteiger partial charge is 0.152 e. The minimum absolute atomic E-state index is 0.0550. The van der Waals surface area contributed by atoms with Crippen molar-refractivity contribution < 1.29 is 18.6 Å². The third kappa shape index (κ3) is 2.21. The highest BCUT2D eigenvalue weighted by atomic mass is 35.5. The molecule has 1 aromatic carbocycles. The first-order valence-electron chi connectivity index (χ1n) is 4.35. The van der Waals surface area contributed by atoms with E-state index >= 15 is 0 Å². The molecular weight excluding hydrogens is 226 g/mol. The Kier molecular flexibility index (Phi) is 3.88. The summed E-state index contributed by atoms with van der Waals surface area (Å²) in [5, 5.41) is 8.58. The molecule has 0 radical (unpaired) electrons. The Bertz CT molecular complexity index is 369. The lowest BCUT2D eigenvalue weighted by Crippen LogP contribution is -2.06. The number of methoxy groups -OCH3 is 1. The summed E-state index contributed by atoms with van der Waals surface area (Å²) in [4.78, 5) is 0. The van der Waals surface area contributed by atoms with Crippen molar-refractivity contribution >= 4 is 11.6 Å². The molecule has 0 aliphatic carbocycles. The second-order valence-corrected chi connectivity index (χ2v) is 3.56. The largest absolute Gasteiger partial charge is 0.495 e. The molecule has 1 atom stereocenters. The van der Waals surface area contributed by atoms with Gasteiger partial charge in [-0.15, -0.1) is 0 Å². The molecule has 0 amide bonds. The third-order valence-corrected chi connectivity index (χ3v) is 2.50. The highest BCUT2D eigenvalue weighted by Crippen LogP contribution is 2.34. The van der Waals surface area contributed by atoms with E-state index in [2.05, 4.69) is 0 Å². The molecule has 1 rings (SSSR count). The van der Waals surface area contributed by atoms with Crippen molar-refractivity contribution in [2.45, 2.75) is 12.8 Å². The maximum Gasteiger partial charge on any atom is 0.152 e. The van der Waals surface area contributed by atoms with Crippen molar-refractivity contribution in [1.29, 1.82) is 0 Å². The minimum Gasteiger partial charge on any atom is -0.495 e. The summed E-state index contributed by atoms with van der Waals surface area (Å²) in [6.07, 6.45) is 0. The van der Waals surface area contributed by atoms with E-state index in [1.54, 1.807) is 0 Å². The van der Waals surface area contributed by atoms with Crippen molar-refractivity contribution in [2.75, 3.05) is 13.7 Å². The zero-order valence-corrected chi connectivity index (χ0v) is 9.11. The average molecular weight is 237 g/mol. The predicted molar refractivity (Wildman–Crippen MR) is 53.4 cm³/mol. The average Bonchev–Trinajstić information content (AvgIpc) is 2.23. The normalized spacial score (nSPS) is 12.7. The first-order chi connectivity index (χ1) is 7.02. The Labute approximate surface area is 91.4 Å². The van der Waals surface area contributed by atoms with Gasteiger partial charge in [-0.05, 0) is 0 Å². The summed E-state index contributed by atoms with van der Waals surface area (Å²) < 4.78 is 31.7. The summed E-state index contributed by atoms with van der Waals surface area (Å²) in [5.41, 5.74) is -0.219. The first kappa shape index (κ1) is 12.2. The molecule has 15 heavy (non-hydrogen) atoms. The van der Waals surface area contributed by atoms with Gasteiger partial charge in [0.2, 0.25) is 0 Å². The molecule has 5 heteroatoms. The SMILES string of the molecule is COc1cc(F)c(C(C)CO)c(F)c1Cl. The lowest BCUT2D eigenvalue weighted by Gasteiger charge is -2.13. The van der Waals surface area contributed by atoms with Crippen molar-refractivity contribution in [3.05, 3.63) is 28.3 Å². The van der Waals surface area contributed by atoms with Gasteiger partial charge in [-0.3, -0.25) is 0 Å². The number of rotatable bonds is 3. The molecule has 0 aromatic heterocycles. The molecule has 0 bridgehead atoms.